The van der Waals surface area contributed by atoms with Crippen molar-refractivity contribution in [3.8, 4) is 0 Å². The monoisotopic (exact) mass is 330 g/mol. The molecule has 1 heterocycles. The number of benzene rings is 1. The lowest BCUT2D eigenvalue weighted by Crippen LogP contribution is -2.26. The van der Waals surface area contributed by atoms with Crippen LogP contribution in [0.25, 0.3) is 0 Å². The Morgan fingerprint density at radius 2 is 1.75 bits per heavy atom. The zero-order valence-corrected chi connectivity index (χ0v) is 12.7. The van der Waals surface area contributed by atoms with Crippen LogP contribution in [0.15, 0.2) is 47.5 Å². The molecule has 1 aromatic carbocycles. The van der Waals surface area contributed by atoms with Crippen molar-refractivity contribution in [1.29, 1.82) is 0 Å². The van der Waals surface area contributed by atoms with Crippen molar-refractivity contribution in [2.24, 2.45) is 0 Å². The maximum atomic E-state index is 12.2. The van der Waals surface area contributed by atoms with E-state index in [2.05, 4.69) is 9.71 Å². The zero-order valence-electron chi connectivity index (χ0n) is 10.4. The standard InChI is InChI=1S/C13H12Cl2N2O2S/c14-11-5-3-6-12(15)13(11)20(18,19)17-9-7-10-4-1-2-8-16-10/h1-6,8,17H,7,9H2. The Balaban J connectivity index is 2.09. The van der Waals surface area contributed by atoms with Gasteiger partial charge < -0.3 is 0 Å². The van der Waals surface area contributed by atoms with Gasteiger partial charge >= 0.3 is 0 Å². The predicted octanol–water partition coefficient (Wildman–Crippen LogP) is 2.91. The highest BCUT2D eigenvalue weighted by molar-refractivity contribution is 7.89. The second-order valence-electron chi connectivity index (χ2n) is 4.02. The van der Waals surface area contributed by atoms with E-state index < -0.39 is 10.0 Å². The Labute approximate surface area is 127 Å². The molecule has 106 valence electrons. The van der Waals surface area contributed by atoms with Crippen LogP contribution in [0.1, 0.15) is 5.69 Å². The molecule has 4 nitrogen and oxygen atoms in total. The van der Waals surface area contributed by atoms with Crippen LogP contribution in [0.4, 0.5) is 0 Å². The lowest BCUT2D eigenvalue weighted by atomic mass is 10.3. The van der Waals surface area contributed by atoms with Crippen LogP contribution >= 0.6 is 23.2 Å². The fourth-order valence-electron chi connectivity index (χ4n) is 1.67. The van der Waals surface area contributed by atoms with Gasteiger partial charge in [0.1, 0.15) is 4.90 Å². The minimum absolute atomic E-state index is 0.0932. The van der Waals surface area contributed by atoms with Crippen LogP contribution < -0.4 is 4.72 Å². The maximum absolute atomic E-state index is 12.2. The molecule has 1 aromatic heterocycles. The van der Waals surface area contributed by atoms with Gasteiger partial charge in [-0.15, -0.1) is 0 Å². The summed E-state index contributed by atoms with van der Waals surface area (Å²) < 4.78 is 26.8. The lowest BCUT2D eigenvalue weighted by molar-refractivity contribution is 0.581. The van der Waals surface area contributed by atoms with Crippen LogP contribution in [0.5, 0.6) is 0 Å². The first-order valence-electron chi connectivity index (χ1n) is 5.84. The summed E-state index contributed by atoms with van der Waals surface area (Å²) in [7, 11) is -3.73. The van der Waals surface area contributed by atoms with E-state index in [1.54, 1.807) is 18.3 Å². The molecule has 0 saturated heterocycles. The first-order valence-corrected chi connectivity index (χ1v) is 8.08. The summed E-state index contributed by atoms with van der Waals surface area (Å²) in [6.07, 6.45) is 2.15. The van der Waals surface area contributed by atoms with Gasteiger partial charge in [0.15, 0.2) is 0 Å². The Kier molecular flexibility index (Phi) is 4.99. The van der Waals surface area contributed by atoms with Gasteiger partial charge in [-0.3, -0.25) is 4.98 Å². The van der Waals surface area contributed by atoms with Crippen molar-refractivity contribution in [2.45, 2.75) is 11.3 Å². The molecular weight excluding hydrogens is 319 g/mol. The SMILES string of the molecule is O=S(=O)(NCCc1ccccn1)c1c(Cl)cccc1Cl. The fourth-order valence-corrected chi connectivity index (χ4v) is 3.84. The van der Waals surface area contributed by atoms with Crippen LogP contribution in [0, 0.1) is 0 Å². The maximum Gasteiger partial charge on any atom is 0.243 e. The highest BCUT2D eigenvalue weighted by Crippen LogP contribution is 2.28. The van der Waals surface area contributed by atoms with E-state index in [1.807, 2.05) is 12.1 Å². The summed E-state index contributed by atoms with van der Waals surface area (Å²) in [5.74, 6) is 0. The number of nitrogens with one attached hydrogen (secondary N) is 1. The summed E-state index contributed by atoms with van der Waals surface area (Å²) in [6.45, 7) is 0.223. The van der Waals surface area contributed by atoms with Crippen molar-refractivity contribution in [1.82, 2.24) is 9.71 Å². The summed E-state index contributed by atoms with van der Waals surface area (Å²) in [5, 5.41) is 0.200. The van der Waals surface area contributed by atoms with E-state index >= 15 is 0 Å². The molecule has 0 bridgehead atoms. The van der Waals surface area contributed by atoms with Crippen LogP contribution in [-0.4, -0.2) is 19.9 Å². The minimum atomic E-state index is -3.73. The van der Waals surface area contributed by atoms with E-state index in [0.717, 1.165) is 5.69 Å². The molecule has 1 N–H and O–H groups in total. The van der Waals surface area contributed by atoms with Crippen molar-refractivity contribution >= 4 is 33.2 Å². The average molecular weight is 331 g/mol. The van der Waals surface area contributed by atoms with Crippen molar-refractivity contribution in [2.75, 3.05) is 6.54 Å². The first-order chi connectivity index (χ1) is 9.50. The highest BCUT2D eigenvalue weighted by Gasteiger charge is 2.20. The molecule has 0 unspecified atom stereocenters. The van der Waals surface area contributed by atoms with Crippen LogP contribution in [0.3, 0.4) is 0 Å². The molecule has 0 saturated carbocycles. The quantitative estimate of drug-likeness (QED) is 0.916. The largest absolute Gasteiger partial charge is 0.261 e. The second kappa shape index (κ2) is 6.54. The summed E-state index contributed by atoms with van der Waals surface area (Å²) in [4.78, 5) is 4.03. The Hall–Kier alpha value is -1.14. The molecule has 2 rings (SSSR count). The fraction of sp³-hybridized carbons (Fsp3) is 0.154. The number of halogens is 2. The molecule has 0 spiro atoms. The lowest BCUT2D eigenvalue weighted by Gasteiger charge is -2.09. The molecule has 7 heteroatoms. The molecular formula is C13H12Cl2N2O2S. The number of nitrogens with zero attached hydrogens (tertiary/aromatic N) is 1. The second-order valence-corrected chi connectivity index (χ2v) is 6.54. The van der Waals surface area contributed by atoms with Crippen molar-refractivity contribution < 1.29 is 8.42 Å². The summed E-state index contributed by atoms with van der Waals surface area (Å²) in [6, 6.07) is 10.1. The molecule has 0 atom stereocenters. The van der Waals surface area contributed by atoms with Crippen LogP contribution in [-0.2, 0) is 16.4 Å². The molecule has 0 aliphatic carbocycles. The van der Waals surface area contributed by atoms with Gasteiger partial charge in [0.25, 0.3) is 0 Å². The zero-order chi connectivity index (χ0) is 14.6. The average Bonchev–Trinajstić information content (AvgIpc) is 2.39. The van der Waals surface area contributed by atoms with Gasteiger partial charge in [0.2, 0.25) is 10.0 Å². The van der Waals surface area contributed by atoms with Gasteiger partial charge in [-0.25, -0.2) is 13.1 Å². The number of hydrogen-bond acceptors (Lipinski definition) is 3. The Morgan fingerprint density at radius 1 is 1.05 bits per heavy atom. The third-order valence-electron chi connectivity index (χ3n) is 2.59. The number of sulfonamides is 1. The number of rotatable bonds is 5. The number of pyridine rings is 1. The molecule has 0 aliphatic rings. The molecule has 0 radical (unpaired) electrons. The molecule has 0 aliphatic heterocycles. The number of hydrogen-bond donors (Lipinski definition) is 1. The van der Waals surface area contributed by atoms with E-state index in [-0.39, 0.29) is 21.5 Å². The normalized spacial score (nSPS) is 11.5. The topological polar surface area (TPSA) is 59.1 Å². The van der Waals surface area contributed by atoms with Gasteiger partial charge in [-0.05, 0) is 24.3 Å². The van der Waals surface area contributed by atoms with Crippen molar-refractivity contribution in [3.63, 3.8) is 0 Å². The van der Waals surface area contributed by atoms with Crippen molar-refractivity contribution in [3.05, 3.63) is 58.3 Å². The van der Waals surface area contributed by atoms with E-state index in [9.17, 15) is 8.42 Å². The highest BCUT2D eigenvalue weighted by atomic mass is 35.5. The van der Waals surface area contributed by atoms with Gasteiger partial charge in [-0.1, -0.05) is 35.3 Å². The Morgan fingerprint density at radius 3 is 2.35 bits per heavy atom. The van der Waals surface area contributed by atoms with Gasteiger partial charge in [0, 0.05) is 24.9 Å². The Bertz CT molecular complexity index is 671. The van der Waals surface area contributed by atoms with Gasteiger partial charge in [0.05, 0.1) is 10.0 Å². The van der Waals surface area contributed by atoms with E-state index in [0.29, 0.717) is 6.42 Å². The predicted molar refractivity (Wildman–Crippen MR) is 79.6 cm³/mol. The summed E-state index contributed by atoms with van der Waals surface area (Å²) >= 11 is 11.8. The molecule has 0 amide bonds. The van der Waals surface area contributed by atoms with Crippen LogP contribution in [0.2, 0.25) is 10.0 Å². The first kappa shape index (κ1) is 15.3. The third kappa shape index (κ3) is 3.70. The minimum Gasteiger partial charge on any atom is -0.261 e. The number of aromatic nitrogens is 1. The molecule has 2 aromatic rings. The van der Waals surface area contributed by atoms with E-state index in [4.69, 9.17) is 23.2 Å². The summed E-state index contributed by atoms with van der Waals surface area (Å²) in [5.41, 5.74) is 0.806. The smallest absolute Gasteiger partial charge is 0.243 e. The third-order valence-corrected chi connectivity index (χ3v) is 5.00. The van der Waals surface area contributed by atoms with E-state index in [1.165, 1.54) is 12.1 Å². The molecule has 0 fully saturated rings. The van der Waals surface area contributed by atoms with Gasteiger partial charge in [-0.2, -0.15) is 0 Å². The molecule has 20 heavy (non-hydrogen) atoms.